The van der Waals surface area contributed by atoms with Gasteiger partial charge in [-0.25, -0.2) is 0 Å². The summed E-state index contributed by atoms with van der Waals surface area (Å²) in [7, 11) is 0. The SMILES string of the molecule is CCC#C[C@]1(O)CCC2C3C(CC[C@@]21C)C1CCC(=O)C=C1C[C@H]3C.CCCC#C[C@]1(O)CCC2C3C(CC[C@@]21C)C1CCC(=O)C=C1C[C@H]3C.C[C@@H]1CC2=CC(=O)CCC2C2CC[C@@]3(C)C(CC[C@@]3(O)C#CCCCO)C21.C[C@@H]1CC2=CC(=O)CCC2C2CC[C@@]3(C)C(CC[C@@]3(O)C#CCCO)C21. The quantitative estimate of drug-likeness (QED) is 0.117. The van der Waals surface area contributed by atoms with Gasteiger partial charge in [-0.3, -0.25) is 19.2 Å². The molecule has 0 aliphatic heterocycles. The Labute approximate surface area is 626 Å². The van der Waals surface area contributed by atoms with E-state index in [0.29, 0.717) is 174 Å². The van der Waals surface area contributed by atoms with Crippen LogP contribution in [0, 0.1) is 187 Å². The number of hydrogen-bond acceptors (Lipinski definition) is 10. The number of ketones is 4. The minimum atomic E-state index is -0.907. The lowest BCUT2D eigenvalue weighted by Crippen LogP contribution is -2.54. The average molecular weight is 1420 g/mol. The van der Waals surface area contributed by atoms with Crippen LogP contribution in [0.4, 0.5) is 0 Å². The molecule has 568 valence electrons. The standard InChI is InChI=1S/C24H34O3.C24H34O2.C23H32O3.C23H32O2/c1-16-14-17-15-18(26)6-7-19(17)20-8-11-23(2)21(22(16)20)9-12-24(23,27)10-4-3-5-13-25;1-4-5-6-11-24(26)13-10-21-22-16(2)14-17-15-18(25)7-8-19(17)20(22)9-12-23(21,24)3;1-15-13-16-14-17(25)5-6-18(16)19-7-10-22(2)20(21(15)19)8-11-23(22,26)9-3-4-12-24;1-4-5-10-23(25)12-9-20-21-15(2)13-16-14-17(24)6-7-18(16)19(21)8-11-22(20,23)3/h15-16,19-22,25,27H,3,5-9,11-14H2,1-2H3;15-16,19-22,26H,4-5,7-10,12-14H2,1-3H3;14-15,18-21,24,26H,4-8,10-13H2,1-2H3;14-15,18-21,25H,4,6-9,11-13H2,1-3H3/t2*16-,19?,20?,21?,22?,23+,24+;2*15-,18?,19?,20?,21?,22+,23+/m1111/s1. The molecule has 104 heavy (non-hydrogen) atoms. The maximum atomic E-state index is 11.9. The summed E-state index contributed by atoms with van der Waals surface area (Å²) in [5.41, 5.74) is 1.94. The van der Waals surface area contributed by atoms with E-state index < -0.39 is 22.4 Å². The smallest absolute Gasteiger partial charge is 0.155 e. The molecule has 16 unspecified atom stereocenters. The molecule has 0 aromatic heterocycles. The molecule has 0 heterocycles. The number of hydrogen-bond donors (Lipinski definition) is 6. The molecule has 0 saturated heterocycles. The Bertz CT molecular complexity index is 3550. The van der Waals surface area contributed by atoms with Crippen molar-refractivity contribution in [2.24, 2.45) is 140 Å². The number of unbranched alkanes of at least 4 members (excludes halogenated alkanes) is 2. The summed E-state index contributed by atoms with van der Waals surface area (Å²) in [5.74, 6) is 39.4. The van der Waals surface area contributed by atoms with Crippen LogP contribution in [0.1, 0.15) is 288 Å². The second kappa shape index (κ2) is 30.5. The maximum Gasteiger partial charge on any atom is 0.155 e. The maximum absolute atomic E-state index is 11.9. The molecule has 0 bridgehead atoms. The Hall–Kier alpha value is -4.36. The van der Waals surface area contributed by atoms with Crippen molar-refractivity contribution in [3.8, 4) is 47.4 Å². The Morgan fingerprint density at radius 2 is 0.625 bits per heavy atom. The van der Waals surface area contributed by atoms with Crippen LogP contribution in [-0.2, 0) is 19.2 Å². The number of aliphatic hydroxyl groups excluding tert-OH is 2. The molecular formula is C94H132O10. The summed E-state index contributed by atoms with van der Waals surface area (Å²) in [6.07, 6.45) is 40.2. The van der Waals surface area contributed by atoms with Crippen molar-refractivity contribution >= 4 is 23.1 Å². The van der Waals surface area contributed by atoms with E-state index in [2.05, 4.69) is 117 Å². The van der Waals surface area contributed by atoms with Gasteiger partial charge in [0, 0.05) is 79.6 Å². The van der Waals surface area contributed by atoms with Crippen molar-refractivity contribution < 1.29 is 49.8 Å². The first-order chi connectivity index (χ1) is 49.6. The highest BCUT2D eigenvalue weighted by Crippen LogP contribution is 2.71. The summed E-state index contributed by atoms with van der Waals surface area (Å²) >= 11 is 0. The third kappa shape index (κ3) is 13.5. The number of fused-ring (bicyclic) bond motifs is 20. The molecule has 0 aromatic carbocycles. The zero-order chi connectivity index (χ0) is 74.1. The summed E-state index contributed by atoms with van der Waals surface area (Å²) < 4.78 is 0. The molecule has 10 heteroatoms. The molecule has 16 rings (SSSR count). The fraction of sp³-hybridized carbons (Fsp3) is 0.787. The number of rotatable bonds is 4. The number of allylic oxidation sites excluding steroid dienone is 4. The van der Waals surface area contributed by atoms with Crippen LogP contribution >= 0.6 is 0 Å². The molecule has 12 fully saturated rings. The van der Waals surface area contributed by atoms with Crippen molar-refractivity contribution in [2.75, 3.05) is 13.2 Å². The van der Waals surface area contributed by atoms with E-state index in [-0.39, 0.29) is 34.9 Å². The molecule has 0 amide bonds. The van der Waals surface area contributed by atoms with Crippen LogP contribution in [0.3, 0.4) is 0 Å². The van der Waals surface area contributed by atoms with Crippen LogP contribution in [0.2, 0.25) is 0 Å². The van der Waals surface area contributed by atoms with Crippen molar-refractivity contribution in [3.63, 3.8) is 0 Å². The molecule has 0 spiro atoms. The van der Waals surface area contributed by atoms with E-state index in [1.54, 1.807) is 0 Å². The van der Waals surface area contributed by atoms with Crippen molar-refractivity contribution in [1.82, 2.24) is 0 Å². The predicted molar refractivity (Wildman–Crippen MR) is 411 cm³/mol. The molecule has 0 aromatic rings. The molecule has 16 aliphatic rings. The fourth-order valence-electron chi connectivity index (χ4n) is 28.5. The third-order valence-electron chi connectivity index (χ3n) is 33.6. The van der Waals surface area contributed by atoms with Crippen molar-refractivity contribution in [3.05, 3.63) is 46.6 Å². The Morgan fingerprint density at radius 3 is 0.885 bits per heavy atom. The molecular weight excluding hydrogens is 1290 g/mol. The largest absolute Gasteiger partial charge is 0.396 e. The highest BCUT2D eigenvalue weighted by atomic mass is 16.3. The van der Waals surface area contributed by atoms with E-state index >= 15 is 0 Å². The van der Waals surface area contributed by atoms with Gasteiger partial charge >= 0.3 is 0 Å². The molecule has 28 atom stereocenters. The van der Waals surface area contributed by atoms with Gasteiger partial charge in [-0.15, -0.1) is 17.8 Å². The van der Waals surface area contributed by atoms with Crippen molar-refractivity contribution in [1.29, 1.82) is 0 Å². The van der Waals surface area contributed by atoms with E-state index in [1.165, 1.54) is 35.1 Å². The fourth-order valence-corrected chi connectivity index (χ4v) is 28.5. The van der Waals surface area contributed by atoms with Gasteiger partial charge in [-0.05, 0) is 310 Å². The monoisotopic (exact) mass is 1420 g/mol. The molecule has 10 nitrogen and oxygen atoms in total. The van der Waals surface area contributed by atoms with Crippen LogP contribution in [0.5, 0.6) is 0 Å². The van der Waals surface area contributed by atoms with E-state index in [9.17, 15) is 39.6 Å². The Balaban J connectivity index is 0.000000123. The van der Waals surface area contributed by atoms with Crippen LogP contribution < -0.4 is 0 Å². The minimum Gasteiger partial charge on any atom is -0.396 e. The highest BCUT2D eigenvalue weighted by molar-refractivity contribution is 5.93. The van der Waals surface area contributed by atoms with Crippen LogP contribution in [0.15, 0.2) is 46.6 Å². The van der Waals surface area contributed by atoms with Gasteiger partial charge in [0.1, 0.15) is 22.4 Å². The summed E-state index contributed by atoms with van der Waals surface area (Å²) in [4.78, 5) is 47.6. The van der Waals surface area contributed by atoms with Gasteiger partial charge in [0.25, 0.3) is 0 Å². The van der Waals surface area contributed by atoms with E-state index in [4.69, 9.17) is 10.2 Å². The first kappa shape index (κ1) is 77.8. The topological polar surface area (TPSA) is 190 Å². The van der Waals surface area contributed by atoms with Gasteiger partial charge < -0.3 is 30.6 Å². The predicted octanol–water partition coefficient (Wildman–Crippen LogP) is 16.8. The summed E-state index contributed by atoms with van der Waals surface area (Å²) in [6, 6.07) is 0. The lowest BCUT2D eigenvalue weighted by molar-refractivity contribution is -0.118. The lowest BCUT2D eigenvalue weighted by atomic mass is 9.48. The van der Waals surface area contributed by atoms with Gasteiger partial charge in [0.05, 0.1) is 6.61 Å². The van der Waals surface area contributed by atoms with Crippen LogP contribution in [0.25, 0.3) is 0 Å². The molecule has 16 aliphatic carbocycles. The highest BCUT2D eigenvalue weighted by Gasteiger charge is 2.68. The Kier molecular flexibility index (Phi) is 22.8. The van der Waals surface area contributed by atoms with Gasteiger partial charge in [-0.1, -0.05) is 121 Å². The molecule has 0 radical (unpaired) electrons. The summed E-state index contributed by atoms with van der Waals surface area (Å²) in [6.45, 7) is 23.1. The number of carbonyl (C=O) groups is 4. The second-order valence-electron chi connectivity index (χ2n) is 38.5. The third-order valence-corrected chi connectivity index (χ3v) is 33.6. The first-order valence-electron chi connectivity index (χ1n) is 42.6. The summed E-state index contributed by atoms with van der Waals surface area (Å²) in [5, 5.41) is 63.8. The van der Waals surface area contributed by atoms with Gasteiger partial charge in [-0.2, -0.15) is 0 Å². The van der Waals surface area contributed by atoms with Gasteiger partial charge in [0.15, 0.2) is 23.1 Å². The molecule has 6 N–H and O–H groups in total. The van der Waals surface area contributed by atoms with E-state index in [0.717, 1.165) is 173 Å². The zero-order valence-corrected chi connectivity index (χ0v) is 65.6. The Morgan fingerprint density at radius 1 is 0.356 bits per heavy atom. The first-order valence-corrected chi connectivity index (χ1v) is 42.6. The van der Waals surface area contributed by atoms with Crippen molar-refractivity contribution in [2.45, 2.75) is 310 Å². The lowest BCUT2D eigenvalue weighted by Gasteiger charge is -2.56. The van der Waals surface area contributed by atoms with E-state index in [1.807, 2.05) is 24.3 Å². The minimum absolute atomic E-state index is 0.0560. The number of aliphatic hydroxyl groups is 6. The van der Waals surface area contributed by atoms with Crippen LogP contribution in [-0.4, -0.2) is 89.4 Å². The zero-order valence-electron chi connectivity index (χ0n) is 65.6. The molecule has 12 saturated carbocycles. The van der Waals surface area contributed by atoms with Gasteiger partial charge in [0.2, 0.25) is 0 Å². The number of carbonyl (C=O) groups excluding carboxylic acids is 4. The average Bonchev–Trinajstić information content (AvgIpc) is 1.49. The second-order valence-corrected chi connectivity index (χ2v) is 38.5. The normalized spacial score (nSPS) is 47.2.